The molecule has 1 N–H and O–H groups in total. The van der Waals surface area contributed by atoms with E-state index in [-0.39, 0.29) is 0 Å². The van der Waals surface area contributed by atoms with Crippen molar-refractivity contribution in [2.24, 2.45) is 0 Å². The van der Waals surface area contributed by atoms with E-state index >= 15 is 0 Å². The molecule has 0 fully saturated rings. The van der Waals surface area contributed by atoms with Crippen LogP contribution >= 0.6 is 0 Å². The van der Waals surface area contributed by atoms with Crippen molar-refractivity contribution in [2.45, 2.75) is 0 Å². The summed E-state index contributed by atoms with van der Waals surface area (Å²) < 4.78 is 53.6. The molecule has 2 aromatic rings. The molecule has 0 unspecified atom stereocenters. The van der Waals surface area contributed by atoms with Gasteiger partial charge in [0.05, 0.1) is 5.56 Å². The zero-order chi connectivity index (χ0) is 14.2. The Morgan fingerprint density at radius 3 is 2.21 bits per heavy atom. The lowest BCUT2D eigenvalue weighted by atomic mass is 10.0. The van der Waals surface area contributed by atoms with E-state index in [0.717, 1.165) is 18.2 Å². The third kappa shape index (κ3) is 2.29. The first kappa shape index (κ1) is 13.1. The summed E-state index contributed by atoms with van der Waals surface area (Å²) in [6, 6.07) is 3.99. The first-order valence-corrected chi connectivity index (χ1v) is 5.08. The second-order valence-corrected chi connectivity index (χ2v) is 3.72. The summed E-state index contributed by atoms with van der Waals surface area (Å²) in [6.45, 7) is 0. The normalized spacial score (nSPS) is 10.5. The van der Waals surface area contributed by atoms with Crippen molar-refractivity contribution in [1.29, 1.82) is 0 Å². The molecule has 0 saturated carbocycles. The predicted octanol–water partition coefficient (Wildman–Crippen LogP) is 3.61. The van der Waals surface area contributed by atoms with Crippen molar-refractivity contribution in [3.8, 4) is 11.1 Å². The number of benzene rings is 2. The van der Waals surface area contributed by atoms with Crippen LogP contribution in [0.5, 0.6) is 0 Å². The number of aromatic carboxylic acids is 1. The van der Waals surface area contributed by atoms with Gasteiger partial charge >= 0.3 is 5.97 Å². The third-order valence-corrected chi connectivity index (χ3v) is 2.53. The van der Waals surface area contributed by atoms with E-state index in [2.05, 4.69) is 0 Å². The van der Waals surface area contributed by atoms with Gasteiger partial charge < -0.3 is 5.11 Å². The molecule has 0 bridgehead atoms. The van der Waals surface area contributed by atoms with Crippen molar-refractivity contribution >= 4 is 5.97 Å². The maximum atomic E-state index is 13.7. The Morgan fingerprint density at radius 2 is 1.58 bits per heavy atom. The molecule has 0 amide bonds. The maximum absolute atomic E-state index is 13.7. The number of carboxylic acids is 1. The smallest absolute Gasteiger partial charge is 0.338 e. The topological polar surface area (TPSA) is 37.3 Å². The molecule has 0 atom stereocenters. The second-order valence-electron chi connectivity index (χ2n) is 3.72. The highest BCUT2D eigenvalue weighted by Gasteiger charge is 2.19. The van der Waals surface area contributed by atoms with Crippen LogP contribution in [-0.2, 0) is 0 Å². The summed E-state index contributed by atoms with van der Waals surface area (Å²) in [5.74, 6) is -6.57. The quantitative estimate of drug-likeness (QED) is 0.846. The van der Waals surface area contributed by atoms with Crippen LogP contribution in [0.1, 0.15) is 10.4 Å². The van der Waals surface area contributed by atoms with Gasteiger partial charge in [-0.25, -0.2) is 22.4 Å². The number of hydrogen-bond donors (Lipinski definition) is 1. The molecular weight excluding hydrogens is 264 g/mol. The van der Waals surface area contributed by atoms with Gasteiger partial charge in [-0.15, -0.1) is 0 Å². The molecule has 2 nitrogen and oxygen atoms in total. The summed E-state index contributed by atoms with van der Waals surface area (Å²) in [5.41, 5.74) is -1.90. The molecule has 6 heteroatoms. The SMILES string of the molecule is O=C(O)c1cc(F)c(-c2cccc(F)c2F)cc1F. The number of hydrogen-bond acceptors (Lipinski definition) is 1. The largest absolute Gasteiger partial charge is 0.478 e. The lowest BCUT2D eigenvalue weighted by Gasteiger charge is -2.07. The molecule has 19 heavy (non-hydrogen) atoms. The molecule has 2 rings (SSSR count). The van der Waals surface area contributed by atoms with Crippen molar-refractivity contribution in [2.75, 3.05) is 0 Å². The van der Waals surface area contributed by atoms with Gasteiger partial charge in [-0.05, 0) is 18.2 Å². The first-order chi connectivity index (χ1) is 8.91. The van der Waals surface area contributed by atoms with Gasteiger partial charge in [-0.3, -0.25) is 0 Å². The zero-order valence-corrected chi connectivity index (χ0v) is 9.25. The Balaban J connectivity index is 2.67. The van der Waals surface area contributed by atoms with Crippen molar-refractivity contribution in [3.05, 3.63) is 59.2 Å². The van der Waals surface area contributed by atoms with Crippen LogP contribution in [0.25, 0.3) is 11.1 Å². The van der Waals surface area contributed by atoms with E-state index in [0.29, 0.717) is 12.1 Å². The Kier molecular flexibility index (Phi) is 3.25. The van der Waals surface area contributed by atoms with Crippen LogP contribution in [-0.4, -0.2) is 11.1 Å². The number of halogens is 4. The van der Waals surface area contributed by atoms with Gasteiger partial charge in [0.25, 0.3) is 0 Å². The van der Waals surface area contributed by atoms with Gasteiger partial charge in [0.2, 0.25) is 0 Å². The molecule has 0 aliphatic rings. The molecule has 0 aromatic heterocycles. The van der Waals surface area contributed by atoms with Crippen molar-refractivity contribution in [3.63, 3.8) is 0 Å². The lowest BCUT2D eigenvalue weighted by Crippen LogP contribution is -2.03. The van der Waals surface area contributed by atoms with Crippen LogP contribution < -0.4 is 0 Å². The molecule has 2 aromatic carbocycles. The lowest BCUT2D eigenvalue weighted by molar-refractivity contribution is 0.0691. The van der Waals surface area contributed by atoms with E-state index in [1.165, 1.54) is 0 Å². The summed E-state index contributed by atoms with van der Waals surface area (Å²) in [4.78, 5) is 10.6. The highest BCUT2D eigenvalue weighted by Crippen LogP contribution is 2.28. The highest BCUT2D eigenvalue weighted by molar-refractivity contribution is 5.88. The van der Waals surface area contributed by atoms with Crippen LogP contribution in [0.15, 0.2) is 30.3 Å². The van der Waals surface area contributed by atoms with Crippen LogP contribution in [0.3, 0.4) is 0 Å². The van der Waals surface area contributed by atoms with Gasteiger partial charge in [0, 0.05) is 11.1 Å². The monoisotopic (exact) mass is 270 g/mol. The molecule has 98 valence electrons. The minimum absolute atomic E-state index is 0.428. The Labute approximate surface area is 104 Å². The fourth-order valence-electron chi connectivity index (χ4n) is 1.63. The number of carbonyl (C=O) groups is 1. The predicted molar refractivity (Wildman–Crippen MR) is 58.7 cm³/mol. The fourth-order valence-corrected chi connectivity index (χ4v) is 1.63. The number of rotatable bonds is 2. The molecule has 0 saturated heterocycles. The molecule has 0 aliphatic heterocycles. The summed E-state index contributed by atoms with van der Waals surface area (Å²) in [6.07, 6.45) is 0. The molecule has 0 aliphatic carbocycles. The van der Waals surface area contributed by atoms with E-state index in [1.54, 1.807) is 0 Å². The van der Waals surface area contributed by atoms with E-state index in [4.69, 9.17) is 5.11 Å². The fraction of sp³-hybridized carbons (Fsp3) is 0. The minimum atomic E-state index is -1.65. The van der Waals surface area contributed by atoms with Crippen LogP contribution in [0.4, 0.5) is 17.6 Å². The Morgan fingerprint density at radius 1 is 0.895 bits per heavy atom. The average molecular weight is 270 g/mol. The Bertz CT molecular complexity index is 668. The first-order valence-electron chi connectivity index (χ1n) is 5.08. The van der Waals surface area contributed by atoms with Crippen molar-refractivity contribution in [1.82, 2.24) is 0 Å². The maximum Gasteiger partial charge on any atom is 0.338 e. The zero-order valence-electron chi connectivity index (χ0n) is 9.25. The van der Waals surface area contributed by atoms with Crippen LogP contribution in [0.2, 0.25) is 0 Å². The third-order valence-electron chi connectivity index (χ3n) is 2.53. The second kappa shape index (κ2) is 4.72. The molecule has 0 heterocycles. The van der Waals surface area contributed by atoms with Gasteiger partial charge in [0.1, 0.15) is 11.6 Å². The summed E-state index contributed by atoms with van der Waals surface area (Å²) >= 11 is 0. The number of carboxylic acid groups (broad SMARTS) is 1. The molecule has 0 spiro atoms. The van der Waals surface area contributed by atoms with Gasteiger partial charge in [0.15, 0.2) is 11.6 Å². The molecular formula is C13H6F4O2. The van der Waals surface area contributed by atoms with Crippen molar-refractivity contribution < 1.29 is 27.5 Å². The van der Waals surface area contributed by atoms with Gasteiger partial charge in [-0.2, -0.15) is 0 Å². The van der Waals surface area contributed by atoms with E-state index in [1.807, 2.05) is 0 Å². The highest BCUT2D eigenvalue weighted by atomic mass is 19.2. The minimum Gasteiger partial charge on any atom is -0.478 e. The van der Waals surface area contributed by atoms with E-state index in [9.17, 15) is 22.4 Å². The van der Waals surface area contributed by atoms with Crippen LogP contribution in [0, 0.1) is 23.3 Å². The molecule has 0 radical (unpaired) electrons. The summed E-state index contributed by atoms with van der Waals surface area (Å²) in [5, 5.41) is 8.61. The van der Waals surface area contributed by atoms with E-state index < -0.39 is 45.9 Å². The standard InChI is InChI=1S/C13H6F4O2/c14-9-3-1-2-6(12(9)17)7-4-11(16)8(13(18)19)5-10(7)15/h1-5H,(H,18,19). The average Bonchev–Trinajstić information content (AvgIpc) is 2.35. The Hall–Kier alpha value is -2.37. The summed E-state index contributed by atoms with van der Waals surface area (Å²) in [7, 11) is 0. The van der Waals surface area contributed by atoms with Gasteiger partial charge in [-0.1, -0.05) is 12.1 Å².